The van der Waals surface area contributed by atoms with Gasteiger partial charge in [0.15, 0.2) is 0 Å². The third-order valence-corrected chi connectivity index (χ3v) is 2.59. The van der Waals surface area contributed by atoms with Crippen LogP contribution in [0, 0.1) is 0 Å². The second kappa shape index (κ2) is 5.73. The molecule has 0 saturated heterocycles. The molecule has 3 nitrogen and oxygen atoms in total. The van der Waals surface area contributed by atoms with Gasteiger partial charge in [0.2, 0.25) is 0 Å². The summed E-state index contributed by atoms with van der Waals surface area (Å²) in [5, 5.41) is 0. The van der Waals surface area contributed by atoms with E-state index in [9.17, 15) is 13.2 Å². The number of alkyl halides is 4. The van der Waals surface area contributed by atoms with Gasteiger partial charge in [0, 0.05) is 13.0 Å². The molecule has 0 aliphatic rings. The van der Waals surface area contributed by atoms with Crippen LogP contribution in [0.15, 0.2) is 6.20 Å². The molecule has 1 aromatic heterocycles. The lowest BCUT2D eigenvalue weighted by molar-refractivity contribution is -0.119. The number of hydrogen-bond acceptors (Lipinski definition) is 3. The predicted octanol–water partition coefficient (Wildman–Crippen LogP) is 3.34. The molecule has 0 bridgehead atoms. The Kier molecular flexibility index (Phi) is 4.78. The van der Waals surface area contributed by atoms with E-state index in [0.717, 1.165) is 4.90 Å². The quantitative estimate of drug-likeness (QED) is 0.793. The van der Waals surface area contributed by atoms with Crippen LogP contribution in [0.1, 0.15) is 31.3 Å². The second-order valence-electron chi connectivity index (χ2n) is 4.32. The number of nitrogens with zero attached hydrogens (tertiary/aromatic N) is 3. The zero-order valence-corrected chi connectivity index (χ0v) is 11.2. The Morgan fingerprint density at radius 1 is 1.39 bits per heavy atom. The van der Waals surface area contributed by atoms with Crippen LogP contribution in [0.3, 0.4) is 0 Å². The number of anilines is 1. The Balaban J connectivity index is 3.02. The van der Waals surface area contributed by atoms with Crippen molar-refractivity contribution in [2.75, 3.05) is 18.5 Å². The van der Waals surface area contributed by atoms with Crippen molar-refractivity contribution in [3.63, 3.8) is 0 Å². The fraction of sp³-hybridized carbons (Fsp3) is 0.636. The van der Waals surface area contributed by atoms with Crippen LogP contribution < -0.4 is 4.90 Å². The molecule has 0 atom stereocenters. The first-order valence-electron chi connectivity index (χ1n) is 5.44. The Labute approximate surface area is 109 Å². The summed E-state index contributed by atoms with van der Waals surface area (Å²) in [7, 11) is 1.34. The summed E-state index contributed by atoms with van der Waals surface area (Å²) < 4.78 is 37.0. The summed E-state index contributed by atoms with van der Waals surface area (Å²) in [6, 6.07) is 0. The highest BCUT2D eigenvalue weighted by atomic mass is 35.5. The summed E-state index contributed by atoms with van der Waals surface area (Å²) in [6.45, 7) is 2.76. The molecule has 102 valence electrons. The van der Waals surface area contributed by atoms with Gasteiger partial charge < -0.3 is 4.90 Å². The minimum absolute atomic E-state index is 0.0553. The summed E-state index contributed by atoms with van der Waals surface area (Å²) in [6.07, 6.45) is -2.87. The van der Waals surface area contributed by atoms with Gasteiger partial charge in [-0.05, 0) is 0 Å². The molecular weight excluding hydrogens is 267 g/mol. The molecule has 0 aliphatic heterocycles. The molecular formula is C11H15ClF3N3. The Morgan fingerprint density at radius 3 is 2.44 bits per heavy atom. The highest BCUT2D eigenvalue weighted by molar-refractivity contribution is 6.17. The van der Waals surface area contributed by atoms with Crippen molar-refractivity contribution in [1.82, 2.24) is 9.97 Å². The van der Waals surface area contributed by atoms with Crippen molar-refractivity contribution in [2.24, 2.45) is 0 Å². The summed E-state index contributed by atoms with van der Waals surface area (Å²) >= 11 is 5.73. The van der Waals surface area contributed by atoms with E-state index in [1.54, 1.807) is 0 Å². The largest absolute Gasteiger partial charge is 0.405 e. The van der Waals surface area contributed by atoms with Gasteiger partial charge in [-0.2, -0.15) is 13.2 Å². The van der Waals surface area contributed by atoms with Crippen LogP contribution >= 0.6 is 11.6 Å². The van der Waals surface area contributed by atoms with Gasteiger partial charge in [-0.3, -0.25) is 0 Å². The first-order chi connectivity index (χ1) is 8.24. The molecule has 0 saturated carbocycles. The van der Waals surface area contributed by atoms with Crippen molar-refractivity contribution in [3.8, 4) is 0 Å². The van der Waals surface area contributed by atoms with Gasteiger partial charge in [0.05, 0.1) is 23.5 Å². The molecule has 1 aromatic rings. The van der Waals surface area contributed by atoms with Crippen LogP contribution in [0.4, 0.5) is 18.9 Å². The molecule has 18 heavy (non-hydrogen) atoms. The number of rotatable bonds is 4. The fourth-order valence-corrected chi connectivity index (χ4v) is 1.67. The van der Waals surface area contributed by atoms with Gasteiger partial charge in [-0.25, -0.2) is 9.97 Å². The molecule has 0 aromatic carbocycles. The van der Waals surface area contributed by atoms with E-state index in [4.69, 9.17) is 11.6 Å². The average Bonchev–Trinajstić information content (AvgIpc) is 2.25. The molecule has 0 spiro atoms. The van der Waals surface area contributed by atoms with E-state index in [2.05, 4.69) is 9.97 Å². The highest BCUT2D eigenvalue weighted by Gasteiger charge is 2.30. The van der Waals surface area contributed by atoms with Crippen molar-refractivity contribution in [3.05, 3.63) is 17.7 Å². The fourth-order valence-electron chi connectivity index (χ4n) is 1.48. The third kappa shape index (κ3) is 4.01. The van der Waals surface area contributed by atoms with E-state index in [1.807, 2.05) is 13.8 Å². The maximum Gasteiger partial charge on any atom is 0.405 e. The van der Waals surface area contributed by atoms with Crippen molar-refractivity contribution < 1.29 is 13.2 Å². The van der Waals surface area contributed by atoms with E-state index < -0.39 is 12.7 Å². The molecule has 0 unspecified atom stereocenters. The molecule has 0 amide bonds. The Hall–Kier alpha value is -1.04. The van der Waals surface area contributed by atoms with Crippen molar-refractivity contribution in [1.29, 1.82) is 0 Å². The maximum absolute atomic E-state index is 12.3. The zero-order valence-electron chi connectivity index (χ0n) is 10.4. The number of hydrogen-bond donors (Lipinski definition) is 0. The third-order valence-electron chi connectivity index (χ3n) is 2.33. The smallest absolute Gasteiger partial charge is 0.363 e. The van der Waals surface area contributed by atoms with E-state index >= 15 is 0 Å². The van der Waals surface area contributed by atoms with Crippen LogP contribution in [-0.2, 0) is 5.88 Å². The maximum atomic E-state index is 12.3. The first kappa shape index (κ1) is 15.0. The molecule has 0 fully saturated rings. The summed E-state index contributed by atoms with van der Waals surface area (Å²) in [5.74, 6) is 0.739. The minimum atomic E-state index is -4.27. The molecule has 1 rings (SSSR count). The lowest BCUT2D eigenvalue weighted by Gasteiger charge is -2.22. The van der Waals surface area contributed by atoms with Gasteiger partial charge >= 0.3 is 6.18 Å². The van der Waals surface area contributed by atoms with Crippen LogP contribution in [-0.4, -0.2) is 29.7 Å². The summed E-state index contributed by atoms with van der Waals surface area (Å²) in [4.78, 5) is 9.31. The summed E-state index contributed by atoms with van der Waals surface area (Å²) in [5.41, 5.74) is 0.730. The highest BCUT2D eigenvalue weighted by Crippen LogP contribution is 2.24. The predicted molar refractivity (Wildman–Crippen MR) is 65.0 cm³/mol. The van der Waals surface area contributed by atoms with E-state index in [1.165, 1.54) is 13.2 Å². The molecule has 0 radical (unpaired) electrons. The SMILES string of the molecule is CC(C)c1ncc(N(C)CC(F)(F)F)c(CCl)n1. The van der Waals surface area contributed by atoms with Crippen LogP contribution in [0.25, 0.3) is 0 Å². The Bertz CT molecular complexity index is 407. The number of aromatic nitrogens is 2. The second-order valence-corrected chi connectivity index (χ2v) is 4.59. The lowest BCUT2D eigenvalue weighted by Crippen LogP contribution is -2.31. The molecule has 7 heteroatoms. The minimum Gasteiger partial charge on any atom is -0.363 e. The number of halogens is 4. The van der Waals surface area contributed by atoms with Gasteiger partial charge in [-0.1, -0.05) is 13.8 Å². The van der Waals surface area contributed by atoms with Crippen molar-refractivity contribution >= 4 is 17.3 Å². The molecule has 0 N–H and O–H groups in total. The van der Waals surface area contributed by atoms with Crippen molar-refractivity contribution in [2.45, 2.75) is 31.8 Å². The van der Waals surface area contributed by atoms with Crippen LogP contribution in [0.2, 0.25) is 0 Å². The van der Waals surface area contributed by atoms with Gasteiger partial charge in [0.1, 0.15) is 12.4 Å². The topological polar surface area (TPSA) is 29.0 Å². The standard InChI is InChI=1S/C11H15ClF3N3/c1-7(2)10-16-5-9(8(4-12)17-10)18(3)6-11(13,14)15/h5,7H,4,6H2,1-3H3. The lowest BCUT2D eigenvalue weighted by atomic mass is 10.2. The zero-order chi connectivity index (χ0) is 13.9. The average molecular weight is 282 g/mol. The Morgan fingerprint density at radius 2 is 2.00 bits per heavy atom. The van der Waals surface area contributed by atoms with Crippen LogP contribution in [0.5, 0.6) is 0 Å². The monoisotopic (exact) mass is 281 g/mol. The normalized spacial score (nSPS) is 12.0. The molecule has 0 aliphatic carbocycles. The van der Waals surface area contributed by atoms with Gasteiger partial charge in [-0.15, -0.1) is 11.6 Å². The van der Waals surface area contributed by atoms with E-state index in [-0.39, 0.29) is 11.8 Å². The van der Waals surface area contributed by atoms with Gasteiger partial charge in [0.25, 0.3) is 0 Å². The van der Waals surface area contributed by atoms with E-state index in [0.29, 0.717) is 17.2 Å². The molecule has 1 heterocycles. The first-order valence-corrected chi connectivity index (χ1v) is 5.97.